The van der Waals surface area contributed by atoms with Crippen molar-refractivity contribution in [1.82, 2.24) is 4.40 Å². The molecule has 1 heteroatoms. The highest BCUT2D eigenvalue weighted by atomic mass is 14.9. The van der Waals surface area contributed by atoms with Gasteiger partial charge in [-0.05, 0) is 25.0 Å². The fourth-order valence-corrected chi connectivity index (χ4v) is 3.35. The van der Waals surface area contributed by atoms with Gasteiger partial charge in [0.25, 0.3) is 0 Å². The summed E-state index contributed by atoms with van der Waals surface area (Å²) in [5, 5.41) is 4.15. The van der Waals surface area contributed by atoms with Crippen LogP contribution in [-0.4, -0.2) is 4.40 Å². The predicted octanol–water partition coefficient (Wildman–Crippen LogP) is 4.55. The third kappa shape index (κ3) is 0.982. The minimum absolute atomic E-state index is 1.08. The Labute approximate surface area is 106 Å². The van der Waals surface area contributed by atoms with E-state index in [4.69, 9.17) is 0 Å². The molecule has 2 aromatic heterocycles. The molecule has 0 saturated carbocycles. The van der Waals surface area contributed by atoms with Gasteiger partial charge in [0.1, 0.15) is 0 Å². The number of benzene rings is 2. The highest BCUT2D eigenvalue weighted by Crippen LogP contribution is 2.36. The number of hydrogen-bond donors (Lipinski definition) is 0. The van der Waals surface area contributed by atoms with Gasteiger partial charge < -0.3 is 4.40 Å². The second-order valence-corrected chi connectivity index (χ2v) is 4.98. The topological polar surface area (TPSA) is 4.41 Å². The molecule has 0 fully saturated rings. The van der Waals surface area contributed by atoms with Crippen molar-refractivity contribution in [3.63, 3.8) is 0 Å². The van der Waals surface area contributed by atoms with Crippen LogP contribution in [0, 0.1) is 6.92 Å². The smallest absolute Gasteiger partial charge is 0.0613 e. The second kappa shape index (κ2) is 3.26. The van der Waals surface area contributed by atoms with Gasteiger partial charge in [-0.2, -0.15) is 0 Å². The Kier molecular flexibility index (Phi) is 1.80. The first-order valence-corrected chi connectivity index (χ1v) is 6.55. The summed E-state index contributed by atoms with van der Waals surface area (Å²) in [6.45, 7) is 4.49. The lowest BCUT2D eigenvalue weighted by molar-refractivity contribution is 1.01. The number of aryl methyl sites for hydroxylation is 2. The van der Waals surface area contributed by atoms with Crippen molar-refractivity contribution >= 4 is 27.2 Å². The van der Waals surface area contributed by atoms with E-state index in [1.165, 1.54) is 38.4 Å². The number of fused-ring (bicyclic) bond motifs is 3. The molecule has 0 amide bonds. The van der Waals surface area contributed by atoms with Gasteiger partial charge in [-0.15, -0.1) is 0 Å². The molecule has 4 aromatic rings. The van der Waals surface area contributed by atoms with Crippen LogP contribution in [-0.2, 0) is 6.42 Å². The molecule has 0 aliphatic heterocycles. The van der Waals surface area contributed by atoms with Gasteiger partial charge in [0.2, 0.25) is 0 Å². The molecule has 0 radical (unpaired) electrons. The SMILES string of the molecule is CCc1c(C)c2cccc3c4ccccc4n1c23. The molecule has 0 spiro atoms. The molecular formula is C17H15N. The zero-order valence-electron chi connectivity index (χ0n) is 10.7. The second-order valence-electron chi connectivity index (χ2n) is 4.98. The van der Waals surface area contributed by atoms with Gasteiger partial charge in [-0.1, -0.05) is 43.3 Å². The van der Waals surface area contributed by atoms with E-state index in [1.807, 2.05) is 0 Å². The van der Waals surface area contributed by atoms with Crippen LogP contribution < -0.4 is 0 Å². The van der Waals surface area contributed by atoms with Crippen LogP contribution in [0.2, 0.25) is 0 Å². The summed E-state index contributed by atoms with van der Waals surface area (Å²) in [5.41, 5.74) is 5.62. The van der Waals surface area contributed by atoms with Gasteiger partial charge in [0.15, 0.2) is 0 Å². The molecule has 0 saturated heterocycles. The Morgan fingerprint density at radius 2 is 1.61 bits per heavy atom. The summed E-state index contributed by atoms with van der Waals surface area (Å²) in [6.07, 6.45) is 1.08. The molecule has 18 heavy (non-hydrogen) atoms. The Balaban J connectivity index is 2.46. The van der Waals surface area contributed by atoms with Crippen LogP contribution in [0.25, 0.3) is 27.2 Å². The first-order chi connectivity index (χ1) is 8.83. The van der Waals surface area contributed by atoms with E-state index in [-0.39, 0.29) is 0 Å². The Morgan fingerprint density at radius 3 is 2.44 bits per heavy atom. The van der Waals surface area contributed by atoms with Crippen molar-refractivity contribution in [1.29, 1.82) is 0 Å². The van der Waals surface area contributed by atoms with Gasteiger partial charge >= 0.3 is 0 Å². The molecule has 0 unspecified atom stereocenters. The largest absolute Gasteiger partial charge is 0.312 e. The number of hydrogen-bond acceptors (Lipinski definition) is 0. The first kappa shape index (κ1) is 9.95. The third-order valence-electron chi connectivity index (χ3n) is 4.14. The average molecular weight is 233 g/mol. The molecule has 0 atom stereocenters. The zero-order chi connectivity index (χ0) is 12.3. The summed E-state index contributed by atoms with van der Waals surface area (Å²) in [4.78, 5) is 0. The molecular weight excluding hydrogens is 218 g/mol. The summed E-state index contributed by atoms with van der Waals surface area (Å²) >= 11 is 0. The van der Waals surface area contributed by atoms with Crippen LogP contribution in [0.1, 0.15) is 18.2 Å². The minimum Gasteiger partial charge on any atom is -0.312 e. The first-order valence-electron chi connectivity index (χ1n) is 6.55. The average Bonchev–Trinajstić information content (AvgIpc) is 2.89. The zero-order valence-corrected chi connectivity index (χ0v) is 10.7. The van der Waals surface area contributed by atoms with E-state index in [0.717, 1.165) is 6.42 Å². The Hall–Kier alpha value is -2.02. The minimum atomic E-state index is 1.08. The van der Waals surface area contributed by atoms with Gasteiger partial charge in [0, 0.05) is 21.9 Å². The predicted molar refractivity (Wildman–Crippen MR) is 77.7 cm³/mol. The lowest BCUT2D eigenvalue weighted by atomic mass is 10.1. The van der Waals surface area contributed by atoms with Crippen LogP contribution >= 0.6 is 0 Å². The van der Waals surface area contributed by atoms with Crippen molar-refractivity contribution < 1.29 is 0 Å². The number of para-hydroxylation sites is 2. The lowest BCUT2D eigenvalue weighted by Gasteiger charge is -2.00. The fourth-order valence-electron chi connectivity index (χ4n) is 3.35. The molecule has 0 aliphatic rings. The molecule has 2 aromatic carbocycles. The summed E-state index contributed by atoms with van der Waals surface area (Å²) in [6, 6.07) is 15.4. The van der Waals surface area contributed by atoms with E-state index in [0.29, 0.717) is 0 Å². The van der Waals surface area contributed by atoms with E-state index in [2.05, 4.69) is 60.7 Å². The molecule has 88 valence electrons. The van der Waals surface area contributed by atoms with E-state index in [9.17, 15) is 0 Å². The summed E-state index contributed by atoms with van der Waals surface area (Å²) in [7, 11) is 0. The standard InChI is InChI=1S/C17H15N/c1-3-15-11(2)12-8-6-9-14-13-7-4-5-10-16(13)18(15)17(12)14/h4-10H,3H2,1-2H3. The van der Waals surface area contributed by atoms with Crippen molar-refractivity contribution in [2.45, 2.75) is 20.3 Å². The monoisotopic (exact) mass is 233 g/mol. The molecule has 4 rings (SSSR count). The Morgan fingerprint density at radius 1 is 0.889 bits per heavy atom. The number of aromatic nitrogens is 1. The summed E-state index contributed by atoms with van der Waals surface area (Å²) in [5.74, 6) is 0. The van der Waals surface area contributed by atoms with Gasteiger partial charge in [-0.3, -0.25) is 0 Å². The highest BCUT2D eigenvalue weighted by molar-refractivity contribution is 6.15. The van der Waals surface area contributed by atoms with E-state index in [1.54, 1.807) is 0 Å². The van der Waals surface area contributed by atoms with Crippen molar-refractivity contribution in [3.8, 4) is 0 Å². The third-order valence-corrected chi connectivity index (χ3v) is 4.14. The number of nitrogens with zero attached hydrogens (tertiary/aromatic N) is 1. The fraction of sp³-hybridized carbons (Fsp3) is 0.176. The maximum atomic E-state index is 2.45. The number of rotatable bonds is 1. The summed E-state index contributed by atoms with van der Waals surface area (Å²) < 4.78 is 2.45. The van der Waals surface area contributed by atoms with E-state index < -0.39 is 0 Å². The molecule has 0 N–H and O–H groups in total. The Bertz CT molecular complexity index is 867. The normalized spacial score (nSPS) is 12.1. The highest BCUT2D eigenvalue weighted by Gasteiger charge is 2.17. The van der Waals surface area contributed by atoms with Crippen LogP contribution in [0.4, 0.5) is 0 Å². The maximum absolute atomic E-state index is 2.45. The van der Waals surface area contributed by atoms with Crippen LogP contribution in [0.15, 0.2) is 42.5 Å². The van der Waals surface area contributed by atoms with Crippen LogP contribution in [0.5, 0.6) is 0 Å². The molecule has 0 bridgehead atoms. The van der Waals surface area contributed by atoms with Gasteiger partial charge in [-0.25, -0.2) is 0 Å². The lowest BCUT2D eigenvalue weighted by Crippen LogP contribution is -1.90. The van der Waals surface area contributed by atoms with Crippen LogP contribution in [0.3, 0.4) is 0 Å². The maximum Gasteiger partial charge on any atom is 0.0613 e. The van der Waals surface area contributed by atoms with Crippen molar-refractivity contribution in [3.05, 3.63) is 53.7 Å². The quantitative estimate of drug-likeness (QED) is 0.454. The van der Waals surface area contributed by atoms with E-state index >= 15 is 0 Å². The van der Waals surface area contributed by atoms with Gasteiger partial charge in [0.05, 0.1) is 11.0 Å². The van der Waals surface area contributed by atoms with Crippen molar-refractivity contribution in [2.24, 2.45) is 0 Å². The molecule has 0 aliphatic carbocycles. The van der Waals surface area contributed by atoms with Crippen molar-refractivity contribution in [2.75, 3.05) is 0 Å². The molecule has 2 heterocycles. The molecule has 1 nitrogen and oxygen atoms in total.